The number of likely N-dealkylation sites (tertiary alicyclic amines) is 1. The van der Waals surface area contributed by atoms with Gasteiger partial charge in [-0.05, 0) is 18.4 Å². The number of carboxylic acid groups (broad SMARTS) is 1. The minimum atomic E-state index is -1.08. The van der Waals surface area contributed by atoms with Crippen molar-refractivity contribution in [2.75, 3.05) is 13.6 Å². The number of aliphatic hydroxyl groups excluding tert-OH is 1. The molecule has 3 atom stereocenters. The Morgan fingerprint density at radius 1 is 1.55 bits per heavy atom. The first-order valence-electron chi connectivity index (χ1n) is 6.39. The van der Waals surface area contributed by atoms with Crippen LogP contribution in [0.4, 0.5) is 4.79 Å². The van der Waals surface area contributed by atoms with Crippen molar-refractivity contribution in [3.05, 3.63) is 22.4 Å². The van der Waals surface area contributed by atoms with Gasteiger partial charge in [-0.25, -0.2) is 9.59 Å². The topological polar surface area (TPSA) is 81.1 Å². The summed E-state index contributed by atoms with van der Waals surface area (Å²) in [7, 11) is 1.65. The predicted molar refractivity (Wildman–Crippen MR) is 74.6 cm³/mol. The minimum Gasteiger partial charge on any atom is -0.480 e. The molecule has 1 fully saturated rings. The van der Waals surface area contributed by atoms with Gasteiger partial charge in [-0.2, -0.15) is 0 Å². The second-order valence-corrected chi connectivity index (χ2v) is 5.96. The minimum absolute atomic E-state index is 0.0668. The van der Waals surface area contributed by atoms with E-state index < -0.39 is 18.1 Å². The molecule has 1 saturated heterocycles. The van der Waals surface area contributed by atoms with Crippen LogP contribution in [0.3, 0.4) is 0 Å². The Bertz CT molecular complexity index is 491. The third-order valence-corrected chi connectivity index (χ3v) is 4.69. The van der Waals surface area contributed by atoms with Crippen molar-refractivity contribution in [1.29, 1.82) is 0 Å². The first-order chi connectivity index (χ1) is 9.41. The summed E-state index contributed by atoms with van der Waals surface area (Å²) in [5, 5.41) is 20.7. The lowest BCUT2D eigenvalue weighted by atomic mass is 10.2. The second-order valence-electron chi connectivity index (χ2n) is 4.98. The van der Waals surface area contributed by atoms with E-state index in [1.165, 1.54) is 9.80 Å². The lowest BCUT2D eigenvalue weighted by Crippen LogP contribution is -2.47. The van der Waals surface area contributed by atoms with Crippen molar-refractivity contribution in [2.24, 2.45) is 0 Å². The van der Waals surface area contributed by atoms with Crippen molar-refractivity contribution in [3.63, 3.8) is 0 Å². The molecule has 1 aliphatic heterocycles. The lowest BCUT2D eigenvalue weighted by molar-refractivity contribution is -0.141. The number of rotatable bonds is 3. The summed E-state index contributed by atoms with van der Waals surface area (Å²) in [6, 6.07) is 2.40. The Hall–Kier alpha value is -1.60. The average molecular weight is 298 g/mol. The second kappa shape index (κ2) is 5.80. The first-order valence-corrected chi connectivity index (χ1v) is 7.27. The van der Waals surface area contributed by atoms with E-state index in [2.05, 4.69) is 0 Å². The van der Waals surface area contributed by atoms with Gasteiger partial charge in [-0.3, -0.25) is 0 Å². The summed E-state index contributed by atoms with van der Waals surface area (Å²) in [4.78, 5) is 27.4. The van der Waals surface area contributed by atoms with Gasteiger partial charge < -0.3 is 20.0 Å². The molecule has 2 rings (SSSR count). The maximum absolute atomic E-state index is 12.4. The zero-order valence-corrected chi connectivity index (χ0v) is 12.2. The largest absolute Gasteiger partial charge is 0.480 e. The molecule has 6 nitrogen and oxygen atoms in total. The highest BCUT2D eigenvalue weighted by Crippen LogP contribution is 2.27. The smallest absolute Gasteiger partial charge is 0.326 e. The van der Waals surface area contributed by atoms with Gasteiger partial charge in [0.1, 0.15) is 6.04 Å². The Kier molecular flexibility index (Phi) is 4.29. The number of carboxylic acids is 1. The van der Waals surface area contributed by atoms with Crippen molar-refractivity contribution in [1.82, 2.24) is 9.80 Å². The van der Waals surface area contributed by atoms with Crippen LogP contribution in [-0.4, -0.2) is 57.8 Å². The van der Waals surface area contributed by atoms with Crippen LogP contribution in [0.1, 0.15) is 24.3 Å². The highest BCUT2D eigenvalue weighted by molar-refractivity contribution is 7.10. The van der Waals surface area contributed by atoms with Crippen LogP contribution in [0.5, 0.6) is 0 Å². The monoisotopic (exact) mass is 298 g/mol. The van der Waals surface area contributed by atoms with Crippen molar-refractivity contribution in [3.8, 4) is 0 Å². The number of β-amino-alcohol motifs (C(OH)–C–C–N with tert-alkyl or cyclic N) is 1. The Labute approximate surface area is 121 Å². The number of aliphatic carboxylic acids is 1. The number of hydrogen-bond donors (Lipinski definition) is 2. The molecule has 1 aromatic heterocycles. The fourth-order valence-electron chi connectivity index (χ4n) is 2.35. The maximum Gasteiger partial charge on any atom is 0.326 e. The molecule has 2 N–H and O–H groups in total. The fraction of sp³-hybridized carbons (Fsp3) is 0.538. The van der Waals surface area contributed by atoms with E-state index in [0.29, 0.717) is 0 Å². The van der Waals surface area contributed by atoms with E-state index in [-0.39, 0.29) is 25.0 Å². The van der Waals surface area contributed by atoms with Gasteiger partial charge in [0.2, 0.25) is 0 Å². The van der Waals surface area contributed by atoms with Gasteiger partial charge in [0.25, 0.3) is 0 Å². The van der Waals surface area contributed by atoms with Crippen LogP contribution in [0.2, 0.25) is 0 Å². The van der Waals surface area contributed by atoms with E-state index >= 15 is 0 Å². The molecule has 110 valence electrons. The fourth-order valence-corrected chi connectivity index (χ4v) is 3.17. The molecule has 2 heterocycles. The number of urea groups is 1. The average Bonchev–Trinajstić information content (AvgIpc) is 3.04. The number of aliphatic hydroxyl groups is 1. The molecule has 0 spiro atoms. The van der Waals surface area contributed by atoms with Crippen molar-refractivity contribution >= 4 is 23.3 Å². The van der Waals surface area contributed by atoms with Gasteiger partial charge >= 0.3 is 12.0 Å². The Morgan fingerprint density at radius 2 is 2.25 bits per heavy atom. The van der Waals surface area contributed by atoms with Gasteiger partial charge in [0, 0.05) is 24.9 Å². The Morgan fingerprint density at radius 3 is 2.80 bits per heavy atom. The van der Waals surface area contributed by atoms with Crippen LogP contribution < -0.4 is 0 Å². The first kappa shape index (κ1) is 14.8. The van der Waals surface area contributed by atoms with Crippen LogP contribution in [0.25, 0.3) is 0 Å². The van der Waals surface area contributed by atoms with E-state index in [9.17, 15) is 14.7 Å². The van der Waals surface area contributed by atoms with Gasteiger partial charge in [-0.15, -0.1) is 11.3 Å². The molecule has 0 saturated carbocycles. The van der Waals surface area contributed by atoms with Crippen LogP contribution in [0.15, 0.2) is 17.5 Å². The van der Waals surface area contributed by atoms with Crippen molar-refractivity contribution in [2.45, 2.75) is 31.5 Å². The summed E-state index contributed by atoms with van der Waals surface area (Å²) in [6.07, 6.45) is -0.687. The number of thiophene rings is 1. The number of carbonyl (C=O) groups excluding carboxylic acids is 1. The Balaban J connectivity index is 2.12. The number of amides is 2. The quantitative estimate of drug-likeness (QED) is 0.883. The van der Waals surface area contributed by atoms with Crippen LogP contribution >= 0.6 is 11.3 Å². The number of nitrogens with zero attached hydrogens (tertiary/aromatic N) is 2. The molecule has 3 unspecified atom stereocenters. The molecule has 0 aromatic carbocycles. The molecule has 1 aliphatic rings. The normalized spacial score (nSPS) is 23.6. The SMILES string of the molecule is CC(c1cccs1)N(C)C(=O)N1CC(O)CC1C(=O)O. The summed E-state index contributed by atoms with van der Waals surface area (Å²) < 4.78 is 0. The lowest BCUT2D eigenvalue weighted by Gasteiger charge is -2.31. The summed E-state index contributed by atoms with van der Waals surface area (Å²) in [5.41, 5.74) is 0. The van der Waals surface area contributed by atoms with Crippen LogP contribution in [0, 0.1) is 0 Å². The molecule has 20 heavy (non-hydrogen) atoms. The maximum atomic E-state index is 12.4. The predicted octanol–water partition coefficient (Wildman–Crippen LogP) is 1.38. The molecular formula is C13H18N2O4S. The van der Waals surface area contributed by atoms with Gasteiger partial charge in [0.15, 0.2) is 0 Å². The number of hydrogen-bond acceptors (Lipinski definition) is 4. The summed E-state index contributed by atoms with van der Waals surface area (Å²) in [6.45, 7) is 1.96. The molecule has 2 amide bonds. The zero-order valence-electron chi connectivity index (χ0n) is 11.4. The standard InChI is InChI=1S/C13H18N2O4S/c1-8(11-4-3-5-20-11)14(2)13(19)15-7-9(16)6-10(15)12(17)18/h3-5,8-10,16H,6-7H2,1-2H3,(H,17,18). The summed E-state index contributed by atoms with van der Waals surface area (Å²) in [5.74, 6) is -1.08. The third-order valence-electron chi connectivity index (χ3n) is 3.65. The number of carbonyl (C=O) groups is 2. The third kappa shape index (κ3) is 2.78. The van der Waals surface area contributed by atoms with Gasteiger partial charge in [-0.1, -0.05) is 6.07 Å². The van der Waals surface area contributed by atoms with Crippen molar-refractivity contribution < 1.29 is 19.8 Å². The zero-order chi connectivity index (χ0) is 14.9. The highest BCUT2D eigenvalue weighted by Gasteiger charge is 2.40. The highest BCUT2D eigenvalue weighted by atomic mass is 32.1. The van der Waals surface area contributed by atoms with E-state index in [1.54, 1.807) is 18.4 Å². The molecule has 1 aromatic rings. The molecule has 7 heteroatoms. The molecular weight excluding hydrogens is 280 g/mol. The molecule has 0 radical (unpaired) electrons. The van der Waals surface area contributed by atoms with E-state index in [1.807, 2.05) is 24.4 Å². The molecule has 0 bridgehead atoms. The summed E-state index contributed by atoms with van der Waals surface area (Å²) >= 11 is 1.55. The van der Waals surface area contributed by atoms with E-state index in [0.717, 1.165) is 4.88 Å². The van der Waals surface area contributed by atoms with Crippen LogP contribution in [-0.2, 0) is 4.79 Å². The molecule has 0 aliphatic carbocycles. The van der Waals surface area contributed by atoms with Gasteiger partial charge in [0.05, 0.1) is 12.1 Å². The van der Waals surface area contributed by atoms with E-state index in [4.69, 9.17) is 5.11 Å².